The third-order valence-corrected chi connectivity index (χ3v) is 5.99. The molecule has 0 saturated carbocycles. The van der Waals surface area contributed by atoms with Crippen molar-refractivity contribution < 1.29 is 33.3 Å². The average Bonchev–Trinajstić information content (AvgIpc) is 3.38. The molecule has 0 aromatic carbocycles. The molecule has 12 nitrogen and oxygen atoms in total. The van der Waals surface area contributed by atoms with Gasteiger partial charge in [0.1, 0.15) is 24.6 Å². The number of hydrogen-bond donors (Lipinski definition) is 2. The minimum atomic E-state index is -1.50. The van der Waals surface area contributed by atoms with Crippen molar-refractivity contribution in [2.45, 2.75) is 65.5 Å². The minimum absolute atomic E-state index is 0.193. The lowest BCUT2D eigenvalue weighted by atomic mass is 9.93. The molecule has 3 rings (SSSR count). The summed E-state index contributed by atoms with van der Waals surface area (Å²) >= 11 is 0. The molecule has 0 bridgehead atoms. The molecule has 0 unspecified atom stereocenters. The topological polar surface area (TPSA) is 170 Å². The summed E-state index contributed by atoms with van der Waals surface area (Å²) < 4.78 is 25.2. The van der Waals surface area contributed by atoms with Gasteiger partial charge >= 0.3 is 17.9 Å². The molecule has 1 saturated heterocycles. The molecule has 198 valence electrons. The fourth-order valence-electron chi connectivity index (χ4n) is 3.79. The van der Waals surface area contributed by atoms with Crippen LogP contribution in [0.25, 0.3) is 5.52 Å². The highest BCUT2D eigenvalue weighted by molar-refractivity contribution is 5.74. The molecule has 4 atom stereocenters. The molecule has 1 fully saturated rings. The Balaban J connectivity index is 2.13. The molecule has 1 aliphatic heterocycles. The van der Waals surface area contributed by atoms with E-state index in [1.54, 1.807) is 53.7 Å². The van der Waals surface area contributed by atoms with Crippen LogP contribution in [-0.2, 0) is 33.3 Å². The van der Waals surface area contributed by atoms with E-state index in [9.17, 15) is 14.4 Å². The van der Waals surface area contributed by atoms with E-state index in [0.717, 1.165) is 0 Å². The number of anilines is 1. The largest absolute Gasteiger partial charge is 0.462 e. The number of aromatic nitrogens is 3. The number of rotatable bonds is 9. The van der Waals surface area contributed by atoms with Gasteiger partial charge in [-0.15, -0.1) is 0 Å². The second-order valence-corrected chi connectivity index (χ2v) is 9.84. The first-order valence-corrected chi connectivity index (χ1v) is 12.0. The van der Waals surface area contributed by atoms with Crippen molar-refractivity contribution in [3.8, 4) is 0 Å². The average molecular weight is 506 g/mol. The quantitative estimate of drug-likeness (QED) is 0.373. The SMILES string of the molecule is CC(C)C(=O)OC[C@@]1(CN)O[C@@H](c2ccc3c(N)ncnn23)[C@H](OC(=O)C(C)C)[C@@H]1OC(=O)C(C)C. The lowest BCUT2D eigenvalue weighted by Crippen LogP contribution is -2.55. The highest BCUT2D eigenvalue weighted by Gasteiger charge is 2.60. The molecule has 3 heterocycles. The first-order valence-electron chi connectivity index (χ1n) is 12.0. The summed E-state index contributed by atoms with van der Waals surface area (Å²) in [4.78, 5) is 41.8. The Labute approximate surface area is 209 Å². The van der Waals surface area contributed by atoms with Crippen molar-refractivity contribution >= 4 is 29.2 Å². The predicted octanol–water partition coefficient (Wildman–Crippen LogP) is 1.42. The lowest BCUT2D eigenvalue weighted by molar-refractivity contribution is -0.181. The summed E-state index contributed by atoms with van der Waals surface area (Å²) in [5.74, 6) is -2.67. The third kappa shape index (κ3) is 5.29. The summed E-state index contributed by atoms with van der Waals surface area (Å²) in [5, 5.41) is 4.26. The van der Waals surface area contributed by atoms with E-state index in [-0.39, 0.29) is 19.0 Å². The maximum Gasteiger partial charge on any atom is 0.308 e. The van der Waals surface area contributed by atoms with Crippen LogP contribution in [-0.4, -0.2) is 63.5 Å². The molecule has 0 aliphatic carbocycles. The smallest absolute Gasteiger partial charge is 0.308 e. The van der Waals surface area contributed by atoms with Gasteiger partial charge in [-0.25, -0.2) is 9.50 Å². The van der Waals surface area contributed by atoms with Gasteiger partial charge in [0, 0.05) is 6.54 Å². The van der Waals surface area contributed by atoms with Crippen molar-refractivity contribution in [3.05, 3.63) is 24.2 Å². The molecule has 4 N–H and O–H groups in total. The second-order valence-electron chi connectivity index (χ2n) is 9.84. The number of carbonyl (C=O) groups excluding carboxylic acids is 3. The van der Waals surface area contributed by atoms with Gasteiger partial charge < -0.3 is 30.4 Å². The fraction of sp³-hybridized carbons (Fsp3) is 0.625. The van der Waals surface area contributed by atoms with Gasteiger partial charge in [-0.2, -0.15) is 5.10 Å². The fourth-order valence-corrected chi connectivity index (χ4v) is 3.79. The number of hydrogen-bond acceptors (Lipinski definition) is 11. The molecular formula is C24H35N5O7. The van der Waals surface area contributed by atoms with Crippen molar-refractivity contribution in [2.75, 3.05) is 18.9 Å². The van der Waals surface area contributed by atoms with Crippen LogP contribution in [0.3, 0.4) is 0 Å². The van der Waals surface area contributed by atoms with E-state index >= 15 is 0 Å². The van der Waals surface area contributed by atoms with E-state index in [0.29, 0.717) is 11.2 Å². The second kappa shape index (κ2) is 10.8. The number of esters is 3. The Morgan fingerprint density at radius 3 is 2.22 bits per heavy atom. The van der Waals surface area contributed by atoms with Crippen molar-refractivity contribution in [1.82, 2.24) is 14.6 Å². The Kier molecular flexibility index (Phi) is 8.19. The van der Waals surface area contributed by atoms with Crippen LogP contribution in [0.2, 0.25) is 0 Å². The Bertz CT molecular complexity index is 1120. The first kappa shape index (κ1) is 27.3. The molecular weight excluding hydrogens is 470 g/mol. The number of nitrogens with zero attached hydrogens (tertiary/aromatic N) is 3. The highest BCUT2D eigenvalue weighted by Crippen LogP contribution is 2.44. The van der Waals surface area contributed by atoms with Gasteiger partial charge in [0.05, 0.1) is 23.4 Å². The van der Waals surface area contributed by atoms with E-state index in [1.165, 1.54) is 10.8 Å². The van der Waals surface area contributed by atoms with Gasteiger partial charge in [-0.05, 0) is 12.1 Å². The standard InChI is InChI=1S/C24H35N5O7/c1-12(2)21(30)33-10-24(9-25)19(35-23(32)14(5)6)18(34-22(31)13(3)4)17(36-24)15-7-8-16-20(26)27-11-28-29(15)16/h7-8,11-14,17-19H,9-10,25H2,1-6H3,(H2,26,27,28)/t17-,18-,19-,24+/m0/s1. The Hall–Kier alpha value is -3.25. The van der Waals surface area contributed by atoms with Crippen LogP contribution < -0.4 is 11.5 Å². The van der Waals surface area contributed by atoms with Crippen LogP contribution in [0, 0.1) is 17.8 Å². The van der Waals surface area contributed by atoms with Crippen molar-refractivity contribution in [3.63, 3.8) is 0 Å². The molecule has 0 amide bonds. The zero-order chi connectivity index (χ0) is 26.8. The maximum absolute atomic E-state index is 12.8. The summed E-state index contributed by atoms with van der Waals surface area (Å²) in [7, 11) is 0. The number of carbonyl (C=O) groups is 3. The number of nitrogens with two attached hydrogens (primary N) is 2. The monoisotopic (exact) mass is 505 g/mol. The summed E-state index contributed by atoms with van der Waals surface area (Å²) in [6.07, 6.45) is -1.98. The minimum Gasteiger partial charge on any atom is -0.462 e. The third-order valence-electron chi connectivity index (χ3n) is 5.99. The number of fused-ring (bicyclic) bond motifs is 1. The normalized spacial score (nSPS) is 24.0. The zero-order valence-electron chi connectivity index (χ0n) is 21.5. The van der Waals surface area contributed by atoms with Crippen molar-refractivity contribution in [2.24, 2.45) is 23.5 Å². The molecule has 2 aromatic heterocycles. The number of nitrogen functional groups attached to an aromatic ring is 1. The van der Waals surface area contributed by atoms with Gasteiger partial charge in [0.15, 0.2) is 23.6 Å². The molecule has 1 aliphatic rings. The highest BCUT2D eigenvalue weighted by atomic mass is 16.7. The molecule has 0 spiro atoms. The van der Waals surface area contributed by atoms with Crippen LogP contribution in [0.1, 0.15) is 53.3 Å². The van der Waals surface area contributed by atoms with Gasteiger partial charge in [0.25, 0.3) is 0 Å². The lowest BCUT2D eigenvalue weighted by Gasteiger charge is -2.33. The number of ether oxygens (including phenoxy) is 4. The van der Waals surface area contributed by atoms with Crippen LogP contribution in [0.5, 0.6) is 0 Å². The predicted molar refractivity (Wildman–Crippen MR) is 128 cm³/mol. The summed E-state index contributed by atoms with van der Waals surface area (Å²) in [6.45, 7) is 9.59. The van der Waals surface area contributed by atoms with Crippen LogP contribution in [0.15, 0.2) is 18.5 Å². The van der Waals surface area contributed by atoms with Crippen LogP contribution in [0.4, 0.5) is 5.82 Å². The van der Waals surface area contributed by atoms with Crippen molar-refractivity contribution in [1.29, 1.82) is 0 Å². The zero-order valence-corrected chi connectivity index (χ0v) is 21.5. The molecule has 0 radical (unpaired) electrons. The maximum atomic E-state index is 12.8. The molecule has 36 heavy (non-hydrogen) atoms. The van der Waals surface area contributed by atoms with Crippen LogP contribution >= 0.6 is 0 Å². The molecule has 2 aromatic rings. The molecule has 12 heteroatoms. The van der Waals surface area contributed by atoms with E-state index in [2.05, 4.69) is 10.1 Å². The van der Waals surface area contributed by atoms with Gasteiger partial charge in [0.2, 0.25) is 0 Å². The van der Waals surface area contributed by atoms with Gasteiger partial charge in [-0.1, -0.05) is 41.5 Å². The summed E-state index contributed by atoms with van der Waals surface area (Å²) in [5.41, 5.74) is 11.7. The first-order chi connectivity index (χ1) is 16.9. The Morgan fingerprint density at radius 1 is 1.03 bits per heavy atom. The van der Waals surface area contributed by atoms with E-state index < -0.39 is 59.6 Å². The van der Waals surface area contributed by atoms with E-state index in [1.807, 2.05) is 0 Å². The summed E-state index contributed by atoms with van der Waals surface area (Å²) in [6, 6.07) is 3.40. The van der Waals surface area contributed by atoms with E-state index in [4.69, 9.17) is 30.4 Å². The Morgan fingerprint density at radius 2 is 1.64 bits per heavy atom. The van der Waals surface area contributed by atoms with Gasteiger partial charge in [-0.3, -0.25) is 14.4 Å².